The summed E-state index contributed by atoms with van der Waals surface area (Å²) in [6.07, 6.45) is 0.265. The number of aromatic amines is 1. The van der Waals surface area contributed by atoms with E-state index in [-0.39, 0.29) is 30.2 Å². The molecule has 108 valence electrons. The molecule has 1 aromatic heterocycles. The van der Waals surface area contributed by atoms with Crippen LogP contribution in [-0.4, -0.2) is 20.5 Å². The number of aryl methyl sites for hydroxylation is 1. The molecule has 1 aromatic carbocycles. The Hall–Kier alpha value is -2.35. The number of H-pyrrole nitrogens is 1. The highest BCUT2D eigenvalue weighted by molar-refractivity contribution is 5.74. The number of nitrogens with zero attached hydrogens (tertiary/aromatic N) is 2. The molecule has 0 saturated carbocycles. The lowest BCUT2D eigenvalue weighted by Crippen LogP contribution is -2.40. The summed E-state index contributed by atoms with van der Waals surface area (Å²) in [7, 11) is 1.55. The summed E-state index contributed by atoms with van der Waals surface area (Å²) in [5.41, 5.74) is 2.40. The van der Waals surface area contributed by atoms with Crippen LogP contribution in [0.15, 0.2) is 23.0 Å². The average Bonchev–Trinajstić information content (AvgIpc) is 2.45. The maximum absolute atomic E-state index is 13.8. The molecule has 0 radical (unpaired) electrons. The topological polar surface area (TPSA) is 81.0 Å². The summed E-state index contributed by atoms with van der Waals surface area (Å²) in [4.78, 5) is 27.6. The lowest BCUT2D eigenvalue weighted by atomic mass is 10.2. The normalized spacial score (nSPS) is 10.8. The van der Waals surface area contributed by atoms with Crippen molar-refractivity contribution in [3.8, 4) is 5.69 Å². The smallest absolute Gasteiger partial charge is 0.273 e. The molecule has 0 aliphatic rings. The van der Waals surface area contributed by atoms with E-state index in [4.69, 9.17) is 4.84 Å². The van der Waals surface area contributed by atoms with Crippen molar-refractivity contribution in [2.75, 3.05) is 0 Å². The Morgan fingerprint density at radius 1 is 1.50 bits per heavy atom. The zero-order valence-electron chi connectivity index (χ0n) is 11.1. The second-order valence-corrected chi connectivity index (χ2v) is 4.18. The molecule has 0 atom stereocenters. The highest BCUT2D eigenvalue weighted by Crippen LogP contribution is 2.17. The van der Waals surface area contributed by atoms with Crippen molar-refractivity contribution in [1.82, 2.24) is 20.1 Å². The summed E-state index contributed by atoms with van der Waals surface area (Å²) in [5.74, 6) is -0.821. The monoisotopic (exact) mass is 282 g/mol. The molecule has 2 N–H and O–H groups in total. The number of nitrogens with one attached hydrogen (secondary N) is 2. The molecule has 0 saturated heterocycles. The second kappa shape index (κ2) is 5.74. The number of benzene rings is 1. The van der Waals surface area contributed by atoms with E-state index in [0.717, 1.165) is 0 Å². The zero-order chi connectivity index (χ0) is 14.7. The van der Waals surface area contributed by atoms with E-state index >= 15 is 0 Å². The summed E-state index contributed by atoms with van der Waals surface area (Å²) < 4.78 is 16.3. The SMILES string of the molecule is CCC(=O)NOCc1c(F)cccc1-n1[nH]n(C)c1=O. The van der Waals surface area contributed by atoms with Gasteiger partial charge in [-0.05, 0) is 12.1 Å². The van der Waals surface area contributed by atoms with Gasteiger partial charge in [-0.1, -0.05) is 13.0 Å². The molecule has 0 aliphatic heterocycles. The molecule has 0 spiro atoms. The fourth-order valence-electron chi connectivity index (χ4n) is 1.66. The first kappa shape index (κ1) is 14.1. The Labute approximate surface area is 113 Å². The van der Waals surface area contributed by atoms with Gasteiger partial charge in [-0.2, -0.15) is 4.68 Å². The van der Waals surface area contributed by atoms with E-state index in [1.807, 2.05) is 0 Å². The first-order chi connectivity index (χ1) is 9.54. The van der Waals surface area contributed by atoms with Crippen LogP contribution in [0.3, 0.4) is 0 Å². The van der Waals surface area contributed by atoms with Crippen LogP contribution in [0, 0.1) is 5.82 Å². The van der Waals surface area contributed by atoms with Crippen LogP contribution in [0.5, 0.6) is 0 Å². The van der Waals surface area contributed by atoms with Crippen LogP contribution in [0.2, 0.25) is 0 Å². The van der Waals surface area contributed by atoms with Gasteiger partial charge in [0.2, 0.25) is 5.91 Å². The predicted molar refractivity (Wildman–Crippen MR) is 68.5 cm³/mol. The number of hydroxylamine groups is 1. The molecule has 1 amide bonds. The van der Waals surface area contributed by atoms with Crippen LogP contribution in [0.1, 0.15) is 18.9 Å². The molecule has 8 heteroatoms. The Balaban J connectivity index is 2.22. The third-order valence-electron chi connectivity index (χ3n) is 2.79. The van der Waals surface area contributed by atoms with Gasteiger partial charge < -0.3 is 0 Å². The van der Waals surface area contributed by atoms with Crippen LogP contribution in [-0.2, 0) is 23.3 Å². The van der Waals surface area contributed by atoms with Crippen LogP contribution in [0.4, 0.5) is 4.39 Å². The van der Waals surface area contributed by atoms with Crippen molar-refractivity contribution >= 4 is 5.91 Å². The third-order valence-corrected chi connectivity index (χ3v) is 2.79. The van der Waals surface area contributed by atoms with Gasteiger partial charge in [-0.25, -0.2) is 24.6 Å². The van der Waals surface area contributed by atoms with Crippen LogP contribution >= 0.6 is 0 Å². The van der Waals surface area contributed by atoms with E-state index in [1.165, 1.54) is 21.5 Å². The number of aromatic nitrogens is 3. The van der Waals surface area contributed by atoms with Gasteiger partial charge in [-0.3, -0.25) is 9.63 Å². The Morgan fingerprint density at radius 3 is 2.85 bits per heavy atom. The highest BCUT2D eigenvalue weighted by atomic mass is 19.1. The van der Waals surface area contributed by atoms with Gasteiger partial charge in [0, 0.05) is 19.0 Å². The molecule has 0 aliphatic carbocycles. The first-order valence-electron chi connectivity index (χ1n) is 6.06. The Bertz CT molecular complexity index is 671. The summed E-state index contributed by atoms with van der Waals surface area (Å²) in [6.45, 7) is 1.49. The van der Waals surface area contributed by atoms with E-state index in [1.54, 1.807) is 20.0 Å². The van der Waals surface area contributed by atoms with Crippen molar-refractivity contribution in [1.29, 1.82) is 0 Å². The van der Waals surface area contributed by atoms with Gasteiger partial charge >= 0.3 is 5.69 Å². The minimum Gasteiger partial charge on any atom is -0.273 e. The third kappa shape index (κ3) is 2.64. The van der Waals surface area contributed by atoms with Gasteiger partial charge in [0.1, 0.15) is 12.4 Å². The van der Waals surface area contributed by atoms with Crippen LogP contribution < -0.4 is 11.2 Å². The first-order valence-corrected chi connectivity index (χ1v) is 6.06. The molecule has 2 aromatic rings. The van der Waals surface area contributed by atoms with E-state index in [9.17, 15) is 14.0 Å². The van der Waals surface area contributed by atoms with Crippen molar-refractivity contribution in [3.63, 3.8) is 0 Å². The lowest BCUT2D eigenvalue weighted by Gasteiger charge is -2.17. The van der Waals surface area contributed by atoms with E-state index in [0.29, 0.717) is 5.69 Å². The predicted octanol–water partition coefficient (Wildman–Crippen LogP) is 0.601. The largest absolute Gasteiger partial charge is 0.364 e. The van der Waals surface area contributed by atoms with Gasteiger partial charge in [0.25, 0.3) is 0 Å². The molecule has 0 bridgehead atoms. The summed E-state index contributed by atoms with van der Waals surface area (Å²) in [6, 6.07) is 4.34. The second-order valence-electron chi connectivity index (χ2n) is 4.18. The fourth-order valence-corrected chi connectivity index (χ4v) is 1.66. The minimum atomic E-state index is -0.516. The molecule has 2 rings (SSSR count). The summed E-state index contributed by atoms with van der Waals surface area (Å²) >= 11 is 0. The quantitative estimate of drug-likeness (QED) is 0.788. The molecular weight excluding hydrogens is 267 g/mol. The number of rotatable bonds is 5. The van der Waals surface area contributed by atoms with Crippen molar-refractivity contribution in [3.05, 3.63) is 40.1 Å². The standard InChI is InChI=1S/C12H15FN4O3/c1-3-11(18)14-20-7-8-9(13)5-4-6-10(8)17-12(19)16(2)15-17/h4-6,15H,3,7H2,1-2H3,(H,14,18). The molecular formula is C12H15FN4O3. The van der Waals surface area contributed by atoms with Gasteiger partial charge in [0.15, 0.2) is 0 Å². The van der Waals surface area contributed by atoms with Gasteiger partial charge in [0.05, 0.1) is 5.69 Å². The number of carbonyl (C=O) groups is 1. The Morgan fingerprint density at radius 2 is 2.25 bits per heavy atom. The molecule has 20 heavy (non-hydrogen) atoms. The van der Waals surface area contributed by atoms with E-state index < -0.39 is 5.82 Å². The van der Waals surface area contributed by atoms with Crippen molar-refractivity contribution < 1.29 is 14.0 Å². The molecule has 0 fully saturated rings. The number of carbonyl (C=O) groups excluding carboxylic acids is 1. The number of halogens is 1. The molecule has 1 heterocycles. The molecule has 0 unspecified atom stereocenters. The molecule has 7 nitrogen and oxygen atoms in total. The number of hydrogen-bond acceptors (Lipinski definition) is 3. The van der Waals surface area contributed by atoms with Crippen molar-refractivity contribution in [2.24, 2.45) is 7.05 Å². The van der Waals surface area contributed by atoms with E-state index in [2.05, 4.69) is 10.7 Å². The number of hydrogen-bond donors (Lipinski definition) is 2. The summed E-state index contributed by atoms with van der Waals surface area (Å²) in [5, 5.41) is 2.69. The van der Waals surface area contributed by atoms with Crippen molar-refractivity contribution in [2.45, 2.75) is 20.0 Å². The maximum atomic E-state index is 13.8. The average molecular weight is 282 g/mol. The minimum absolute atomic E-state index is 0.178. The van der Waals surface area contributed by atoms with Gasteiger partial charge in [-0.15, -0.1) is 0 Å². The zero-order valence-corrected chi connectivity index (χ0v) is 11.1. The Kier molecular flexibility index (Phi) is 4.04. The number of amides is 1. The lowest BCUT2D eigenvalue weighted by molar-refractivity contribution is -0.134. The maximum Gasteiger partial charge on any atom is 0.364 e. The highest BCUT2D eigenvalue weighted by Gasteiger charge is 2.15. The van der Waals surface area contributed by atoms with Crippen LogP contribution in [0.25, 0.3) is 5.69 Å². The fraction of sp³-hybridized carbons (Fsp3) is 0.333.